The second-order valence-corrected chi connectivity index (χ2v) is 2.63. The van der Waals surface area contributed by atoms with Crippen LogP contribution in [0.4, 0.5) is 18.9 Å². The SMILES string of the molecule is NN(C=O)N(OC(F)(F)F)c1ccccc1. The fourth-order valence-electron chi connectivity index (χ4n) is 0.930. The summed E-state index contributed by atoms with van der Waals surface area (Å²) >= 11 is 0. The van der Waals surface area contributed by atoms with Gasteiger partial charge in [0.1, 0.15) is 0 Å². The van der Waals surface area contributed by atoms with Crippen molar-refractivity contribution < 1.29 is 22.8 Å². The number of alkyl halides is 3. The fourth-order valence-corrected chi connectivity index (χ4v) is 0.930. The predicted octanol–water partition coefficient (Wildman–Crippen LogP) is 1.19. The zero-order valence-electron chi connectivity index (χ0n) is 7.89. The molecule has 0 fully saturated rings. The summed E-state index contributed by atoms with van der Waals surface area (Å²) in [6, 6.07) is 7.14. The number of hydrogen-bond donors (Lipinski definition) is 1. The highest BCUT2D eigenvalue weighted by atomic mass is 19.4. The van der Waals surface area contributed by atoms with Crippen LogP contribution in [-0.2, 0) is 9.63 Å². The molecule has 0 unspecified atom stereocenters. The summed E-state index contributed by atoms with van der Waals surface area (Å²) in [5.41, 5.74) is -0.0329. The van der Waals surface area contributed by atoms with Gasteiger partial charge in [0.2, 0.25) is 6.41 Å². The molecule has 16 heavy (non-hydrogen) atoms. The number of carbonyl (C=O) groups excluding carboxylic acids is 1. The summed E-state index contributed by atoms with van der Waals surface area (Å²) in [6.45, 7) is 0. The number of para-hydroxylation sites is 1. The van der Waals surface area contributed by atoms with Crippen molar-refractivity contribution in [3.8, 4) is 0 Å². The number of amides is 1. The van der Waals surface area contributed by atoms with Crippen LogP contribution in [0.1, 0.15) is 0 Å². The normalized spacial score (nSPS) is 11.0. The molecule has 1 amide bonds. The number of rotatable bonds is 4. The topological polar surface area (TPSA) is 58.8 Å². The van der Waals surface area contributed by atoms with Crippen molar-refractivity contribution in [1.82, 2.24) is 5.12 Å². The molecule has 0 aliphatic rings. The molecule has 8 heteroatoms. The van der Waals surface area contributed by atoms with Crippen LogP contribution in [0.2, 0.25) is 0 Å². The third kappa shape index (κ3) is 3.41. The summed E-state index contributed by atoms with van der Waals surface area (Å²) in [7, 11) is 0. The van der Waals surface area contributed by atoms with Gasteiger partial charge in [0.25, 0.3) is 0 Å². The Hall–Kier alpha value is -1.80. The van der Waals surface area contributed by atoms with Gasteiger partial charge in [-0.15, -0.1) is 23.2 Å². The highest BCUT2D eigenvalue weighted by Crippen LogP contribution is 2.23. The fraction of sp³-hybridized carbons (Fsp3) is 0.125. The Morgan fingerprint density at radius 1 is 1.25 bits per heavy atom. The summed E-state index contributed by atoms with van der Waals surface area (Å²) in [4.78, 5) is 13.9. The molecule has 0 saturated carbocycles. The summed E-state index contributed by atoms with van der Waals surface area (Å²) in [6.07, 6.45) is -4.96. The number of hydrogen-bond acceptors (Lipinski definition) is 4. The maximum absolute atomic E-state index is 12.0. The first-order chi connectivity index (χ1) is 7.44. The number of benzene rings is 1. The van der Waals surface area contributed by atoms with E-state index in [0.29, 0.717) is 0 Å². The van der Waals surface area contributed by atoms with E-state index in [1.807, 2.05) is 0 Å². The van der Waals surface area contributed by atoms with Crippen molar-refractivity contribution in [2.45, 2.75) is 6.36 Å². The van der Waals surface area contributed by atoms with Gasteiger partial charge in [-0.2, -0.15) is 5.12 Å². The Kier molecular flexibility index (Phi) is 3.69. The summed E-state index contributed by atoms with van der Waals surface area (Å²) in [5.74, 6) is 5.02. The van der Waals surface area contributed by atoms with Crippen LogP contribution < -0.4 is 11.0 Å². The van der Waals surface area contributed by atoms with E-state index in [0.717, 1.165) is 0 Å². The lowest BCUT2D eigenvalue weighted by Crippen LogP contribution is -2.49. The van der Waals surface area contributed by atoms with Crippen LogP contribution in [0, 0.1) is 0 Å². The average molecular weight is 235 g/mol. The van der Waals surface area contributed by atoms with Crippen molar-refractivity contribution in [3.05, 3.63) is 30.3 Å². The van der Waals surface area contributed by atoms with Gasteiger partial charge in [0.05, 0.1) is 5.69 Å². The molecule has 1 aromatic carbocycles. The minimum absolute atomic E-state index is 0.0151. The molecule has 0 aliphatic carbocycles. The van der Waals surface area contributed by atoms with Gasteiger partial charge in [0.15, 0.2) is 0 Å². The smallest absolute Gasteiger partial charge is 0.275 e. The zero-order valence-corrected chi connectivity index (χ0v) is 7.89. The molecule has 0 aromatic heterocycles. The molecule has 1 rings (SSSR count). The van der Waals surface area contributed by atoms with Crippen LogP contribution in [-0.4, -0.2) is 17.9 Å². The summed E-state index contributed by atoms with van der Waals surface area (Å²) < 4.78 is 36.1. The monoisotopic (exact) mass is 235 g/mol. The van der Waals surface area contributed by atoms with E-state index in [1.165, 1.54) is 24.3 Å². The molecule has 0 spiro atoms. The van der Waals surface area contributed by atoms with Crippen molar-refractivity contribution in [2.24, 2.45) is 5.84 Å². The van der Waals surface area contributed by atoms with E-state index < -0.39 is 6.36 Å². The first-order valence-corrected chi connectivity index (χ1v) is 4.04. The minimum Gasteiger partial charge on any atom is -0.275 e. The number of anilines is 1. The Morgan fingerprint density at radius 2 is 1.81 bits per heavy atom. The third-order valence-corrected chi connectivity index (χ3v) is 1.48. The molecule has 0 atom stereocenters. The lowest BCUT2D eigenvalue weighted by molar-refractivity contribution is -0.343. The molecule has 0 heterocycles. The van der Waals surface area contributed by atoms with E-state index in [4.69, 9.17) is 5.84 Å². The van der Waals surface area contributed by atoms with E-state index in [-0.39, 0.29) is 22.4 Å². The van der Waals surface area contributed by atoms with Crippen molar-refractivity contribution in [2.75, 3.05) is 5.17 Å². The van der Waals surface area contributed by atoms with Crippen molar-refractivity contribution in [1.29, 1.82) is 0 Å². The zero-order chi connectivity index (χ0) is 12.2. The average Bonchev–Trinajstić information content (AvgIpc) is 2.25. The van der Waals surface area contributed by atoms with Crippen LogP contribution in [0.25, 0.3) is 0 Å². The molecule has 0 saturated heterocycles. The highest BCUT2D eigenvalue weighted by molar-refractivity contribution is 5.53. The quantitative estimate of drug-likeness (QED) is 0.368. The lowest BCUT2D eigenvalue weighted by atomic mass is 10.3. The second kappa shape index (κ2) is 4.81. The van der Waals surface area contributed by atoms with Gasteiger partial charge >= 0.3 is 6.36 Å². The standard InChI is InChI=1S/C8H8F3N3O2/c9-8(10,11)16-14(13(12)6-15)7-4-2-1-3-5-7/h1-6H,12H2. The van der Waals surface area contributed by atoms with Crippen LogP contribution in [0.3, 0.4) is 0 Å². The largest absolute Gasteiger partial charge is 0.545 e. The van der Waals surface area contributed by atoms with Gasteiger partial charge < -0.3 is 0 Å². The number of nitrogens with two attached hydrogens (primary N) is 1. The Bertz CT molecular complexity index is 344. The number of hydrazine groups is 2. The predicted molar refractivity (Wildman–Crippen MR) is 48.2 cm³/mol. The van der Waals surface area contributed by atoms with Gasteiger partial charge in [-0.3, -0.25) is 4.79 Å². The van der Waals surface area contributed by atoms with Crippen LogP contribution in [0.15, 0.2) is 30.3 Å². The molecular weight excluding hydrogens is 227 g/mol. The maximum atomic E-state index is 12.0. The Morgan fingerprint density at radius 3 is 2.25 bits per heavy atom. The molecular formula is C8H8F3N3O2. The number of carbonyl (C=O) groups is 1. The molecule has 0 radical (unpaired) electrons. The van der Waals surface area contributed by atoms with Crippen LogP contribution >= 0.6 is 0 Å². The van der Waals surface area contributed by atoms with E-state index in [2.05, 4.69) is 4.84 Å². The molecule has 88 valence electrons. The van der Waals surface area contributed by atoms with E-state index in [9.17, 15) is 18.0 Å². The molecule has 1 aromatic rings. The number of halogens is 3. The van der Waals surface area contributed by atoms with E-state index >= 15 is 0 Å². The second-order valence-electron chi connectivity index (χ2n) is 2.63. The maximum Gasteiger partial charge on any atom is 0.545 e. The van der Waals surface area contributed by atoms with Crippen molar-refractivity contribution in [3.63, 3.8) is 0 Å². The highest BCUT2D eigenvalue weighted by Gasteiger charge is 2.35. The van der Waals surface area contributed by atoms with Crippen molar-refractivity contribution >= 4 is 12.1 Å². The third-order valence-electron chi connectivity index (χ3n) is 1.48. The van der Waals surface area contributed by atoms with Gasteiger partial charge in [0, 0.05) is 0 Å². The molecule has 0 bridgehead atoms. The minimum atomic E-state index is -4.95. The van der Waals surface area contributed by atoms with Gasteiger partial charge in [-0.1, -0.05) is 18.2 Å². The van der Waals surface area contributed by atoms with Gasteiger partial charge in [-0.25, -0.2) is 5.84 Å². The lowest BCUT2D eigenvalue weighted by Gasteiger charge is -2.28. The molecule has 0 aliphatic heterocycles. The Labute approximate surface area is 88.7 Å². The van der Waals surface area contributed by atoms with Gasteiger partial charge in [-0.05, 0) is 12.1 Å². The Balaban J connectivity index is 2.92. The molecule has 5 nitrogen and oxygen atoms in total. The molecule has 2 N–H and O–H groups in total. The van der Waals surface area contributed by atoms with E-state index in [1.54, 1.807) is 6.07 Å². The first kappa shape index (κ1) is 12.3. The number of nitrogens with zero attached hydrogens (tertiary/aromatic N) is 2. The van der Waals surface area contributed by atoms with Crippen LogP contribution in [0.5, 0.6) is 0 Å². The first-order valence-electron chi connectivity index (χ1n) is 4.04. The summed E-state index contributed by atoms with van der Waals surface area (Å²) in [5, 5.41) is 0.274.